The van der Waals surface area contributed by atoms with Crippen LogP contribution in [-0.2, 0) is 24.4 Å². The van der Waals surface area contributed by atoms with Gasteiger partial charge in [0.05, 0.1) is 0 Å². The maximum Gasteiger partial charge on any atom is 0.354 e. The fourth-order valence-corrected chi connectivity index (χ4v) is 10.2. The van der Waals surface area contributed by atoms with Gasteiger partial charge in [-0.2, -0.15) is 19.9 Å². The monoisotopic (exact) mass is 1200 g/mol. The Hall–Kier alpha value is -3.43. The molecule has 0 fully saturated rings. The molecule has 0 radical (unpaired) electrons. The zero-order valence-corrected chi connectivity index (χ0v) is 51.2. The molecule has 0 aliphatic rings. The molecule has 6 N–H and O–H groups in total. The predicted molar refractivity (Wildman–Crippen MR) is 309 cm³/mol. The molecule has 4 heterocycles. The summed E-state index contributed by atoms with van der Waals surface area (Å²) in [4.78, 5) is 128. The zero-order chi connectivity index (χ0) is 55.6. The normalized spacial score (nSPS) is 10.9. The van der Waals surface area contributed by atoms with Crippen LogP contribution in [0, 0.1) is 13.8 Å². The number of nitrogens with two attached hydrogens (primary N) is 2. The zero-order valence-electron chi connectivity index (χ0n) is 41.2. The van der Waals surface area contributed by atoms with E-state index < -0.39 is 28.1 Å². The van der Waals surface area contributed by atoms with Gasteiger partial charge in [0.15, 0.2) is 20.6 Å². The highest BCUT2D eigenvalue weighted by Crippen LogP contribution is 2.15. The molecular formula is C33H60ClN17O10P6S4. The summed E-state index contributed by atoms with van der Waals surface area (Å²) < 4.78 is 13.3. The third kappa shape index (κ3) is 26.9. The summed E-state index contributed by atoms with van der Waals surface area (Å²) >= 11 is 13.1. The first kappa shape index (κ1) is 71.8. The highest BCUT2D eigenvalue weighted by atomic mass is 35.5. The van der Waals surface area contributed by atoms with E-state index in [1.54, 1.807) is 47.1 Å². The summed E-state index contributed by atoms with van der Waals surface area (Å²) in [5.41, 5.74) is 7.19. The standard InChI is InChI=1S/C7H12N3O2PS.2C7H12N3O2P.C5H8N3O2PS.C3H9N2PS.C2ClNO2.C2H7N2PS/c1-4-9-5(11)8-6(14-3)10(13-2)7(9)12;2*1-4-9-6(11)8-5(2)10(13-3)7(9)12;1-11-8-4(10)6-3(9)7-5(8)12-2;1-6-5-3(4)7-2;3-2(6)4-1-5;1-5-4-2(3)6/h13H,4H2,1-3H3;2*13H,4H2,1-3H3;11H,1-2H3,(H,6,9,10);6H,1-2H3,(H2,4,5);;5H,1H3,(H3,3,4,6). The van der Waals surface area contributed by atoms with Gasteiger partial charge in [0.2, 0.25) is 6.08 Å². The molecule has 0 aromatic carbocycles. The lowest BCUT2D eigenvalue weighted by molar-refractivity contribution is 0.266. The van der Waals surface area contributed by atoms with Crippen LogP contribution >= 0.6 is 111 Å². The highest BCUT2D eigenvalue weighted by Gasteiger charge is 2.10. The van der Waals surface area contributed by atoms with Crippen molar-refractivity contribution in [2.24, 2.45) is 21.2 Å². The second kappa shape index (κ2) is 41.0. The lowest BCUT2D eigenvalue weighted by atomic mass is 10.6. The molecule has 1 amide bonds. The largest absolute Gasteiger partial charge is 0.378 e. The van der Waals surface area contributed by atoms with Crippen molar-refractivity contribution in [2.75, 3.05) is 58.8 Å². The molecule has 0 aliphatic carbocycles. The summed E-state index contributed by atoms with van der Waals surface area (Å²) in [6.45, 7) is 21.1. The van der Waals surface area contributed by atoms with Gasteiger partial charge in [0.1, 0.15) is 11.6 Å². The Balaban J connectivity index is -0.000000779. The number of amides is 1. The van der Waals surface area contributed by atoms with Crippen LogP contribution in [0.25, 0.3) is 0 Å². The average Bonchev–Trinajstić information content (AvgIpc) is 3.30. The van der Waals surface area contributed by atoms with Crippen molar-refractivity contribution in [1.82, 2.24) is 61.1 Å². The first-order valence-corrected chi connectivity index (χ1v) is 32.8. The first-order chi connectivity index (χ1) is 33.4. The number of amidine groups is 1. The van der Waals surface area contributed by atoms with E-state index in [9.17, 15) is 43.2 Å². The number of thioether (sulfide) groups is 3. The molecule has 0 saturated heterocycles. The van der Waals surface area contributed by atoms with Crippen molar-refractivity contribution in [2.45, 2.75) is 64.6 Å². The fourth-order valence-electron chi connectivity index (χ4n) is 4.36. The van der Waals surface area contributed by atoms with Crippen molar-refractivity contribution in [3.63, 3.8) is 0 Å². The number of hydrogen-bond donors (Lipinski definition) is 4. The van der Waals surface area contributed by atoms with Crippen LogP contribution in [0.15, 0.2) is 58.4 Å². The number of hydrogen-bond acceptors (Lipinski definition) is 19. The molecular weight excluding hydrogens is 1140 g/mol. The number of nitrogens with one attached hydrogen (secondary N) is 2. The molecule has 6 unspecified atom stereocenters. The van der Waals surface area contributed by atoms with Crippen LogP contribution < -0.4 is 62.1 Å². The van der Waals surface area contributed by atoms with Gasteiger partial charge >= 0.3 is 50.9 Å². The molecule has 0 aliphatic heterocycles. The summed E-state index contributed by atoms with van der Waals surface area (Å²) in [5.74, 6) is 0.973. The van der Waals surface area contributed by atoms with Crippen molar-refractivity contribution in [3.05, 3.63) is 95.5 Å². The number of carbonyl (C=O) groups is 1. The second-order valence-corrected chi connectivity index (χ2v) is 19.6. The summed E-state index contributed by atoms with van der Waals surface area (Å²) in [5, 5.41) is 3.73. The summed E-state index contributed by atoms with van der Waals surface area (Å²) in [6.07, 6.45) is 6.45. The Morgan fingerprint density at radius 1 is 0.690 bits per heavy atom. The van der Waals surface area contributed by atoms with E-state index in [1.165, 1.54) is 52.6 Å². The minimum absolute atomic E-state index is 0.263. The number of aromatic nitrogens is 12. The van der Waals surface area contributed by atoms with Crippen LogP contribution in [0.5, 0.6) is 0 Å². The number of H-pyrrole nitrogens is 1. The van der Waals surface area contributed by atoms with Gasteiger partial charge in [-0.15, -0.1) is 4.99 Å². The van der Waals surface area contributed by atoms with Gasteiger partial charge < -0.3 is 16.6 Å². The number of nitrogens with zero attached hydrogens (tertiary/aromatic N) is 13. The molecule has 38 heteroatoms. The number of aliphatic imine (C=N–C) groups is 1. The van der Waals surface area contributed by atoms with Gasteiger partial charge in [-0.05, 0) is 161 Å². The molecule has 6 atom stereocenters. The summed E-state index contributed by atoms with van der Waals surface area (Å²) in [6, 6.07) is 0. The number of carbonyl (C=O) groups excluding carboxylic acids is 2. The SMILES string of the molecule is CCn1c(=O)nc(C)n(PC)c1=O.CCn1c(=O)nc(C)n(PC)c1=O.CCn1c(=O)nc(SC)n(PC)c1=O.CPN=C(N)SC.CPNC(N)=S.CPn1c(SC)nc(=O)[nH]c1=O.O=C=NC(=O)Cl. The minimum Gasteiger partial charge on any atom is -0.378 e. The summed E-state index contributed by atoms with van der Waals surface area (Å²) in [7, 11) is 2.39. The van der Waals surface area contributed by atoms with E-state index in [0.717, 1.165) is 19.8 Å². The van der Waals surface area contributed by atoms with E-state index >= 15 is 0 Å². The molecule has 4 aromatic rings. The highest BCUT2D eigenvalue weighted by molar-refractivity contribution is 8.13. The molecule has 27 nitrogen and oxygen atoms in total. The van der Waals surface area contributed by atoms with Gasteiger partial charge in [-0.25, -0.2) is 61.6 Å². The Morgan fingerprint density at radius 2 is 1.07 bits per heavy atom. The lowest BCUT2D eigenvalue weighted by Gasteiger charge is -2.08. The predicted octanol–water partition coefficient (Wildman–Crippen LogP) is 1.16. The molecule has 398 valence electrons. The smallest absolute Gasteiger partial charge is 0.354 e. The molecule has 71 heavy (non-hydrogen) atoms. The molecule has 0 spiro atoms. The first-order valence-electron chi connectivity index (χ1n) is 19.6. The third-order valence-electron chi connectivity index (χ3n) is 7.33. The van der Waals surface area contributed by atoms with E-state index in [4.69, 9.17) is 16.3 Å². The number of aryl methyl sites for hydroxylation is 2. The number of isocyanates is 1. The third-order valence-corrected chi connectivity index (χ3v) is 14.6. The average molecular weight is 1200 g/mol. The fraction of sp³-hybridized carbons (Fsp3) is 0.515. The van der Waals surface area contributed by atoms with Gasteiger partial charge in [-0.1, -0.05) is 35.3 Å². The van der Waals surface area contributed by atoms with Gasteiger partial charge in [0, 0.05) is 28.4 Å². The molecule has 4 rings (SSSR count). The molecule has 0 saturated carbocycles. The molecule has 4 aromatic heterocycles. The van der Waals surface area contributed by atoms with Crippen LogP contribution in [0.3, 0.4) is 0 Å². The van der Waals surface area contributed by atoms with E-state index in [2.05, 4.69) is 63.6 Å². The Morgan fingerprint density at radius 3 is 1.32 bits per heavy atom. The van der Waals surface area contributed by atoms with Gasteiger partial charge in [0.25, 0.3) is 0 Å². The van der Waals surface area contributed by atoms with Crippen molar-refractivity contribution < 1.29 is 9.59 Å². The van der Waals surface area contributed by atoms with E-state index in [-0.39, 0.29) is 31.5 Å². The number of thiocarbonyl (C=S) groups is 1. The minimum atomic E-state index is -1.04. The van der Waals surface area contributed by atoms with Crippen LogP contribution in [0.1, 0.15) is 32.4 Å². The lowest BCUT2D eigenvalue weighted by Crippen LogP contribution is -2.40. The molecule has 0 bridgehead atoms. The van der Waals surface area contributed by atoms with Crippen molar-refractivity contribution >= 4 is 133 Å². The second-order valence-electron chi connectivity index (χ2n) is 11.5. The quantitative estimate of drug-likeness (QED) is 0.0239. The maximum atomic E-state index is 11.7. The topological polar surface area (TPSA) is 361 Å². The Bertz CT molecular complexity index is 2820. The van der Waals surface area contributed by atoms with E-state index in [1.807, 2.05) is 46.2 Å². The number of halogens is 1. The van der Waals surface area contributed by atoms with Crippen molar-refractivity contribution in [3.8, 4) is 0 Å². The Kier molecular flexibility index (Phi) is 41.5. The number of aromatic amines is 1. The van der Waals surface area contributed by atoms with Crippen LogP contribution in [0.2, 0.25) is 0 Å². The maximum absolute atomic E-state index is 11.7. The van der Waals surface area contributed by atoms with E-state index in [0.29, 0.717) is 95.5 Å². The van der Waals surface area contributed by atoms with Gasteiger partial charge in [-0.3, -0.25) is 27.1 Å². The van der Waals surface area contributed by atoms with Crippen LogP contribution in [-0.4, -0.2) is 136 Å². The van der Waals surface area contributed by atoms with Crippen LogP contribution in [0.4, 0.5) is 4.79 Å². The number of rotatable bonds is 11. The Labute approximate surface area is 441 Å². The van der Waals surface area contributed by atoms with Crippen molar-refractivity contribution in [1.29, 1.82) is 0 Å².